The van der Waals surface area contributed by atoms with Crippen LogP contribution in [0.2, 0.25) is 0 Å². The third-order valence-corrected chi connectivity index (χ3v) is 10.2. The molecule has 1 unspecified atom stereocenters. The summed E-state index contributed by atoms with van der Waals surface area (Å²) in [6, 6.07) is 0.113. The van der Waals surface area contributed by atoms with Crippen molar-refractivity contribution in [3.8, 4) is 17.2 Å². The monoisotopic (exact) mass is 797 g/mol. The van der Waals surface area contributed by atoms with Crippen molar-refractivity contribution in [2.75, 3.05) is 60.7 Å². The molecule has 1 fully saturated rings. The summed E-state index contributed by atoms with van der Waals surface area (Å²) >= 11 is 0. The summed E-state index contributed by atoms with van der Waals surface area (Å²) in [7, 11) is 4.92. The number of pyridine rings is 3. The smallest absolute Gasteiger partial charge is 0.289 e. The number of fused-ring (bicyclic) bond motifs is 4. The number of aryl methyl sites for hydroxylation is 3. The summed E-state index contributed by atoms with van der Waals surface area (Å²) in [4.78, 5) is 72.3. The lowest BCUT2D eigenvalue weighted by Crippen LogP contribution is -2.54. The van der Waals surface area contributed by atoms with Gasteiger partial charge >= 0.3 is 0 Å². The van der Waals surface area contributed by atoms with Gasteiger partial charge in [-0.15, -0.1) is 0 Å². The van der Waals surface area contributed by atoms with Crippen molar-refractivity contribution >= 4 is 17.7 Å². The topological polar surface area (TPSA) is 216 Å². The Bertz CT molecular complexity index is 2230. The highest BCUT2D eigenvalue weighted by Gasteiger charge is 2.40. The number of rotatable bonds is 7. The van der Waals surface area contributed by atoms with Gasteiger partial charge in [0.05, 0.1) is 39.8 Å². The van der Waals surface area contributed by atoms with E-state index in [2.05, 4.69) is 0 Å². The normalized spacial score (nSPS) is 18.0. The molecule has 7 rings (SSSR count). The molecule has 1 atom stereocenters. The molecule has 3 N–H and O–H groups in total. The number of aromatic nitrogens is 3. The molecule has 3 aromatic rings. The van der Waals surface area contributed by atoms with E-state index in [1.54, 1.807) is 89.4 Å². The molecule has 4 aliphatic rings. The number of hydrazine groups is 3. The fourth-order valence-electron chi connectivity index (χ4n) is 7.24. The average molecular weight is 798 g/mol. The summed E-state index contributed by atoms with van der Waals surface area (Å²) in [6.07, 6.45) is 5.72. The van der Waals surface area contributed by atoms with Gasteiger partial charge in [-0.25, -0.2) is 5.01 Å². The molecular formula is C37H51N9O11. The van der Waals surface area contributed by atoms with E-state index in [1.165, 1.54) is 10.0 Å². The molecule has 0 spiro atoms. The number of hydrogen-bond acceptors (Lipinski definition) is 14. The van der Waals surface area contributed by atoms with E-state index < -0.39 is 39.4 Å². The van der Waals surface area contributed by atoms with Crippen LogP contribution in [0, 0.1) is 20.8 Å². The summed E-state index contributed by atoms with van der Waals surface area (Å²) in [6.45, 7) is 12.9. The van der Waals surface area contributed by atoms with E-state index >= 15 is 0 Å². The second-order valence-electron chi connectivity index (χ2n) is 14.2. The summed E-state index contributed by atoms with van der Waals surface area (Å²) in [5.41, 5.74) is 0.00138. The maximum Gasteiger partial charge on any atom is 0.289 e. The van der Waals surface area contributed by atoms with Crippen molar-refractivity contribution in [1.82, 2.24) is 43.8 Å². The second kappa shape index (κ2) is 17.3. The lowest BCUT2D eigenvalue weighted by Gasteiger charge is -2.40. The molecule has 3 aromatic heterocycles. The number of ether oxygens (including phenoxy) is 2. The highest BCUT2D eigenvalue weighted by molar-refractivity contribution is 5.96. The van der Waals surface area contributed by atoms with Crippen molar-refractivity contribution < 1.29 is 39.2 Å². The van der Waals surface area contributed by atoms with Gasteiger partial charge in [0.15, 0.2) is 34.3 Å². The first-order chi connectivity index (χ1) is 27.0. The summed E-state index contributed by atoms with van der Waals surface area (Å²) in [5, 5.41) is 39.9. The Kier molecular flexibility index (Phi) is 12.9. The van der Waals surface area contributed by atoms with Crippen LogP contribution in [-0.2, 0) is 29.5 Å². The molecular weight excluding hydrogens is 746 g/mol. The van der Waals surface area contributed by atoms with Gasteiger partial charge < -0.3 is 38.5 Å². The molecule has 0 aromatic carbocycles. The Balaban J connectivity index is 0.000000165. The van der Waals surface area contributed by atoms with Crippen LogP contribution in [0.1, 0.15) is 68.4 Å². The maximum atomic E-state index is 12.6. The predicted molar refractivity (Wildman–Crippen MR) is 204 cm³/mol. The number of amides is 3. The molecule has 310 valence electrons. The second-order valence-corrected chi connectivity index (χ2v) is 14.2. The molecule has 20 heteroatoms. The first kappa shape index (κ1) is 42.6. The first-order valence-corrected chi connectivity index (χ1v) is 18.4. The zero-order valence-electron chi connectivity index (χ0n) is 33.5. The predicted octanol–water partition coefficient (Wildman–Crippen LogP) is 0.213. The van der Waals surface area contributed by atoms with Gasteiger partial charge in [0.25, 0.3) is 17.7 Å². The molecule has 4 aliphatic heterocycles. The standard InChI is InChI=1S/C14H21N3O5.C12H15N3O3.C11H15N3O3/c1-10-8-15-9-16(4-6-21-2)17(5-7-22-3)14(20)11(15)13(19)12(10)18;1-7-5-13-6-14-4-3-8(2)15(14)12(18)9(13)11(17)10(7)16;1-4-14-11(17)8-10(16)9(15)7(2)5-13(8)6-12(14)3/h8,19H,4-7,9H2,1-3H3;5,8,17H,3-4,6H2,1-2H3;5,16H,4,6H2,1-3H3. The Morgan fingerprint density at radius 1 is 0.649 bits per heavy atom. The minimum atomic E-state index is -0.517. The van der Waals surface area contributed by atoms with E-state index in [4.69, 9.17) is 9.47 Å². The fraction of sp³-hybridized carbons (Fsp3) is 0.514. The SMILES string of the molecule is CCN1C(=O)c2c(O)c(=O)c(C)cn2CN1C.COCCN1Cn2cc(C)c(=O)c(O)c2C(=O)N1CCOC.Cc1cn2c(c(O)c1=O)C(=O)N1C(C)CCN1C2. The molecule has 0 radical (unpaired) electrons. The van der Waals surface area contributed by atoms with E-state index in [1.807, 2.05) is 18.9 Å². The summed E-state index contributed by atoms with van der Waals surface area (Å²) < 4.78 is 14.9. The van der Waals surface area contributed by atoms with Crippen LogP contribution in [0.15, 0.2) is 33.0 Å². The number of nitrogens with zero attached hydrogens (tertiary/aromatic N) is 9. The third-order valence-electron chi connectivity index (χ3n) is 10.2. The van der Waals surface area contributed by atoms with Crippen LogP contribution >= 0.6 is 0 Å². The molecule has 3 amide bonds. The number of carbonyl (C=O) groups is 3. The molecule has 7 heterocycles. The van der Waals surface area contributed by atoms with Crippen molar-refractivity contribution in [1.29, 1.82) is 0 Å². The van der Waals surface area contributed by atoms with Crippen LogP contribution < -0.4 is 16.3 Å². The van der Waals surface area contributed by atoms with Crippen LogP contribution in [0.4, 0.5) is 0 Å². The van der Waals surface area contributed by atoms with Crippen molar-refractivity contribution in [2.24, 2.45) is 0 Å². The highest BCUT2D eigenvalue weighted by atomic mass is 16.5. The van der Waals surface area contributed by atoms with Gasteiger partial charge in [-0.3, -0.25) is 43.8 Å². The van der Waals surface area contributed by atoms with Gasteiger partial charge in [-0.2, -0.15) is 10.0 Å². The largest absolute Gasteiger partial charge is 0.503 e. The van der Waals surface area contributed by atoms with Crippen molar-refractivity contribution in [2.45, 2.75) is 67.1 Å². The van der Waals surface area contributed by atoms with Crippen LogP contribution in [0.5, 0.6) is 17.2 Å². The zero-order chi connectivity index (χ0) is 42.0. The molecule has 1 saturated heterocycles. The molecule has 57 heavy (non-hydrogen) atoms. The van der Waals surface area contributed by atoms with E-state index in [0.29, 0.717) is 69.5 Å². The summed E-state index contributed by atoms with van der Waals surface area (Å²) in [5.74, 6) is -2.45. The molecule has 20 nitrogen and oxygen atoms in total. The number of hydrogen-bond donors (Lipinski definition) is 3. The average Bonchev–Trinajstić information content (AvgIpc) is 3.54. The first-order valence-electron chi connectivity index (χ1n) is 18.4. The minimum Gasteiger partial charge on any atom is -0.503 e. The van der Waals surface area contributed by atoms with Gasteiger partial charge in [0.2, 0.25) is 16.3 Å². The zero-order valence-corrected chi connectivity index (χ0v) is 33.5. The van der Waals surface area contributed by atoms with Gasteiger partial charge in [0.1, 0.15) is 0 Å². The van der Waals surface area contributed by atoms with Gasteiger partial charge in [-0.05, 0) is 41.0 Å². The maximum absolute atomic E-state index is 12.6. The van der Waals surface area contributed by atoms with Gasteiger partial charge in [-0.1, -0.05) is 0 Å². The minimum absolute atomic E-state index is 0.0142. The Labute approximate surface area is 328 Å². The quantitative estimate of drug-likeness (QED) is 0.292. The van der Waals surface area contributed by atoms with E-state index in [9.17, 15) is 44.1 Å². The third kappa shape index (κ3) is 8.03. The fourth-order valence-corrected chi connectivity index (χ4v) is 7.24. The van der Waals surface area contributed by atoms with E-state index in [0.717, 1.165) is 13.0 Å². The number of carbonyl (C=O) groups excluding carboxylic acids is 3. The lowest BCUT2D eigenvalue weighted by atomic mass is 10.2. The highest BCUT2D eigenvalue weighted by Crippen LogP contribution is 2.29. The molecule has 0 aliphatic carbocycles. The Morgan fingerprint density at radius 3 is 1.58 bits per heavy atom. The Hall–Kier alpha value is -5.54. The van der Waals surface area contributed by atoms with Crippen LogP contribution in [-0.4, -0.2) is 143 Å². The van der Waals surface area contributed by atoms with Crippen LogP contribution in [0.25, 0.3) is 0 Å². The number of aromatic hydroxyl groups is 3. The van der Waals surface area contributed by atoms with Crippen LogP contribution in [0.3, 0.4) is 0 Å². The molecule has 0 saturated carbocycles. The number of methoxy groups -OCH3 is 2. The van der Waals surface area contributed by atoms with Crippen molar-refractivity contribution in [3.05, 3.63) is 83.0 Å². The molecule has 0 bridgehead atoms. The van der Waals surface area contributed by atoms with E-state index in [-0.39, 0.29) is 34.9 Å². The van der Waals surface area contributed by atoms with Gasteiger partial charge in [0, 0.05) is 82.2 Å². The Morgan fingerprint density at radius 2 is 1.09 bits per heavy atom. The van der Waals surface area contributed by atoms with Crippen molar-refractivity contribution in [3.63, 3.8) is 0 Å². The lowest BCUT2D eigenvalue weighted by molar-refractivity contribution is -0.0627.